The van der Waals surface area contributed by atoms with Crippen LogP contribution in [0.4, 0.5) is 4.79 Å². The van der Waals surface area contributed by atoms with Crippen LogP contribution in [-0.2, 0) is 44.6 Å². The highest BCUT2D eigenvalue weighted by atomic mass is 16.7. The molecule has 9 atom stereocenters. The van der Waals surface area contributed by atoms with Crippen molar-refractivity contribution < 1.29 is 47.6 Å². The first-order valence-corrected chi connectivity index (χ1v) is 22.1. The van der Waals surface area contributed by atoms with E-state index in [-0.39, 0.29) is 43.7 Å². The maximum absolute atomic E-state index is 14.8. The van der Waals surface area contributed by atoms with Crippen LogP contribution in [0.3, 0.4) is 0 Å². The molecule has 2 aromatic rings. The van der Waals surface area contributed by atoms with Gasteiger partial charge in [-0.3, -0.25) is 9.59 Å². The van der Waals surface area contributed by atoms with Gasteiger partial charge in [-0.1, -0.05) is 62.4 Å². The van der Waals surface area contributed by atoms with Crippen molar-refractivity contribution in [2.45, 2.75) is 136 Å². The van der Waals surface area contributed by atoms with E-state index in [0.717, 1.165) is 31.5 Å². The third-order valence-corrected chi connectivity index (χ3v) is 13.2. The molecule has 13 nitrogen and oxygen atoms in total. The lowest BCUT2D eigenvalue weighted by molar-refractivity contribution is -0.295. The Morgan fingerprint density at radius 3 is 2.15 bits per heavy atom. The van der Waals surface area contributed by atoms with E-state index in [2.05, 4.69) is 18.7 Å². The van der Waals surface area contributed by atoms with Gasteiger partial charge in [-0.15, -0.1) is 0 Å². The number of benzene rings is 2. The van der Waals surface area contributed by atoms with Crippen molar-refractivity contribution in [3.8, 4) is 0 Å². The number of carbonyl (C=O) groups excluding carboxylic acids is 4. The second kappa shape index (κ2) is 21.0. The lowest BCUT2D eigenvalue weighted by Gasteiger charge is -2.48. The monoisotopic (exact) mass is 850 g/mol. The lowest BCUT2D eigenvalue weighted by Crippen LogP contribution is -2.60. The molecule has 338 valence electrons. The Kier molecular flexibility index (Phi) is 16.6. The zero-order valence-corrected chi connectivity index (χ0v) is 38.3. The molecule has 3 aliphatic heterocycles. The maximum atomic E-state index is 14.8. The predicted molar refractivity (Wildman–Crippen MR) is 232 cm³/mol. The Balaban J connectivity index is 1.53. The number of likely N-dealkylation sites (tertiary alicyclic amines) is 1. The molecule has 61 heavy (non-hydrogen) atoms. The quantitative estimate of drug-likeness (QED) is 0.138. The number of amides is 1. The van der Waals surface area contributed by atoms with Gasteiger partial charge < -0.3 is 43.1 Å². The molecule has 0 spiro atoms. The highest BCUT2D eigenvalue weighted by Crippen LogP contribution is 2.40. The van der Waals surface area contributed by atoms with Gasteiger partial charge >= 0.3 is 18.0 Å². The SMILES string of the molecule is CO[C@]1(C)C[C@@H](C)CN(C(=O)OCc2ccccc2)[C@H](C2CCN(C(C)C)CC2)COC(=O)C(C)(C)C(=O)[C@H](C)[C@H]1O[C@@H]1O[C@H](C)C[C@H](N(C)C)[C@H]1OC(=O)c1ccccc1. The van der Waals surface area contributed by atoms with Crippen molar-refractivity contribution in [2.75, 3.05) is 47.4 Å². The zero-order valence-electron chi connectivity index (χ0n) is 38.3. The summed E-state index contributed by atoms with van der Waals surface area (Å²) in [6.07, 6.45) is -1.30. The lowest BCUT2D eigenvalue weighted by atomic mass is 9.74. The number of Topliss-reactive ketones (excluding diaryl/α,β-unsaturated/α-hetero) is 1. The van der Waals surface area contributed by atoms with E-state index in [9.17, 15) is 19.2 Å². The van der Waals surface area contributed by atoms with Crippen molar-refractivity contribution in [2.24, 2.45) is 23.2 Å². The second-order valence-corrected chi connectivity index (χ2v) is 18.8. The van der Waals surface area contributed by atoms with Crippen LogP contribution in [-0.4, -0.2) is 134 Å². The van der Waals surface area contributed by atoms with Crippen molar-refractivity contribution in [3.05, 3.63) is 71.8 Å². The average Bonchev–Trinajstić information content (AvgIpc) is 3.24. The molecule has 3 fully saturated rings. The smallest absolute Gasteiger partial charge is 0.410 e. The molecule has 0 saturated carbocycles. The van der Waals surface area contributed by atoms with Crippen LogP contribution in [0.25, 0.3) is 0 Å². The highest BCUT2D eigenvalue weighted by molar-refractivity contribution is 6.04. The highest BCUT2D eigenvalue weighted by Gasteiger charge is 2.53. The minimum absolute atomic E-state index is 0.0117. The normalized spacial score (nSPS) is 31.1. The standard InChI is InChI=1S/C48H71N3O10/c1-31(2)50-24-22-36(23-25-50)39-30-57-45(54)47(6,7)41(52)34(5)42(48(8,56-11)27-32(3)28-51(39)46(55)58-29-35-18-14-12-15-19-35)61-44-40(38(49(9)10)26-33(4)59-44)60-43(53)37-20-16-13-17-21-37/h12-21,31-34,36,38-40,42,44H,22-30H2,1-11H3/t32-,33-,34+,38+,39+,40-,42-,44+,48-/m1/s1. The van der Waals surface area contributed by atoms with Crippen LogP contribution in [0.5, 0.6) is 0 Å². The summed E-state index contributed by atoms with van der Waals surface area (Å²) in [5.41, 5.74) is -1.54. The Morgan fingerprint density at radius 2 is 1.56 bits per heavy atom. The van der Waals surface area contributed by atoms with E-state index in [0.29, 0.717) is 24.4 Å². The topological polar surface area (TPSA) is 133 Å². The minimum atomic E-state index is -1.61. The van der Waals surface area contributed by atoms with Gasteiger partial charge in [0.25, 0.3) is 0 Å². The fraction of sp³-hybridized carbons (Fsp3) is 0.667. The van der Waals surface area contributed by atoms with Gasteiger partial charge in [-0.05, 0) is 124 Å². The maximum Gasteiger partial charge on any atom is 0.410 e. The molecule has 2 aromatic carbocycles. The summed E-state index contributed by atoms with van der Waals surface area (Å²) >= 11 is 0. The summed E-state index contributed by atoms with van der Waals surface area (Å²) in [6, 6.07) is 17.9. The van der Waals surface area contributed by atoms with Crippen LogP contribution in [0, 0.1) is 23.2 Å². The van der Waals surface area contributed by atoms with Gasteiger partial charge in [-0.2, -0.15) is 0 Å². The number of nitrogens with zero attached hydrogens (tertiary/aromatic N) is 3. The molecule has 0 aromatic heterocycles. The van der Waals surface area contributed by atoms with E-state index in [1.165, 1.54) is 0 Å². The zero-order chi connectivity index (χ0) is 44.6. The van der Waals surface area contributed by atoms with Crippen molar-refractivity contribution in [1.29, 1.82) is 0 Å². The Labute approximate surface area is 363 Å². The summed E-state index contributed by atoms with van der Waals surface area (Å²) in [7, 11) is 5.41. The molecule has 0 aliphatic carbocycles. The van der Waals surface area contributed by atoms with Gasteiger partial charge in [0.05, 0.1) is 35.5 Å². The Morgan fingerprint density at radius 1 is 0.934 bits per heavy atom. The number of hydrogen-bond donors (Lipinski definition) is 0. The molecule has 0 bridgehead atoms. The molecular formula is C48H71N3O10. The molecular weight excluding hydrogens is 779 g/mol. The number of likely N-dealkylation sites (N-methyl/N-ethyl adjacent to an activating group) is 1. The number of carbonyl (C=O) groups is 4. The number of rotatable bonds is 10. The molecule has 5 rings (SSSR count). The third kappa shape index (κ3) is 11.8. The van der Waals surface area contributed by atoms with Crippen LogP contribution >= 0.6 is 0 Å². The molecule has 3 heterocycles. The average molecular weight is 850 g/mol. The molecule has 0 unspecified atom stereocenters. The van der Waals surface area contributed by atoms with Crippen molar-refractivity contribution in [1.82, 2.24) is 14.7 Å². The molecule has 3 aliphatic rings. The minimum Gasteiger partial charge on any atom is -0.463 e. The summed E-state index contributed by atoms with van der Waals surface area (Å²) in [4.78, 5) is 63.3. The van der Waals surface area contributed by atoms with E-state index in [1.807, 2.05) is 76.2 Å². The van der Waals surface area contributed by atoms with Gasteiger partial charge in [0, 0.05) is 25.6 Å². The largest absolute Gasteiger partial charge is 0.463 e. The van der Waals surface area contributed by atoms with Crippen LogP contribution < -0.4 is 0 Å². The number of ether oxygens (including phenoxy) is 6. The van der Waals surface area contributed by atoms with Crippen LogP contribution in [0.2, 0.25) is 0 Å². The van der Waals surface area contributed by atoms with Crippen molar-refractivity contribution in [3.63, 3.8) is 0 Å². The number of cyclic esters (lactones) is 1. The number of ketones is 1. The fourth-order valence-corrected chi connectivity index (χ4v) is 9.47. The van der Waals surface area contributed by atoms with Gasteiger partial charge in [0.15, 0.2) is 18.2 Å². The number of piperidine rings is 1. The van der Waals surface area contributed by atoms with Gasteiger partial charge in [0.1, 0.15) is 18.6 Å². The Bertz CT molecular complexity index is 1750. The van der Waals surface area contributed by atoms with Crippen molar-refractivity contribution >= 4 is 23.8 Å². The number of methoxy groups -OCH3 is 1. The van der Waals surface area contributed by atoms with E-state index >= 15 is 0 Å². The van der Waals surface area contributed by atoms with Crippen LogP contribution in [0.1, 0.15) is 97.0 Å². The molecule has 1 amide bonds. The molecule has 13 heteroatoms. The number of hydrogen-bond acceptors (Lipinski definition) is 12. The van der Waals surface area contributed by atoms with Gasteiger partial charge in [-0.25, -0.2) is 9.59 Å². The first kappa shape index (κ1) is 48.2. The molecule has 3 saturated heterocycles. The van der Waals surface area contributed by atoms with Crippen LogP contribution in [0.15, 0.2) is 60.7 Å². The summed E-state index contributed by atoms with van der Waals surface area (Å²) in [5.74, 6) is -2.76. The summed E-state index contributed by atoms with van der Waals surface area (Å²) in [6.45, 7) is 17.1. The Hall–Kier alpha value is -3.88. The molecule has 0 N–H and O–H groups in total. The molecule has 0 radical (unpaired) electrons. The van der Waals surface area contributed by atoms with E-state index < -0.39 is 65.3 Å². The van der Waals surface area contributed by atoms with E-state index in [4.69, 9.17) is 28.4 Å². The second-order valence-electron chi connectivity index (χ2n) is 18.8. The summed E-state index contributed by atoms with van der Waals surface area (Å²) < 4.78 is 38.3. The van der Waals surface area contributed by atoms with E-state index in [1.54, 1.807) is 57.0 Å². The van der Waals surface area contributed by atoms with Gasteiger partial charge in [0.2, 0.25) is 0 Å². The first-order valence-electron chi connectivity index (χ1n) is 22.1. The fourth-order valence-electron chi connectivity index (χ4n) is 9.47. The summed E-state index contributed by atoms with van der Waals surface area (Å²) in [5, 5.41) is 0. The number of esters is 2. The predicted octanol–water partition coefficient (Wildman–Crippen LogP) is 7.01. The third-order valence-electron chi connectivity index (χ3n) is 13.2. The first-order chi connectivity index (χ1) is 28.9.